The number of benzene rings is 4. The number of rotatable bonds is 8. The number of unbranched alkanes of at least 4 members (excludes halogenated alkanes) is 1. The van der Waals surface area contributed by atoms with Crippen molar-refractivity contribution in [2.24, 2.45) is 7.05 Å². The van der Waals surface area contributed by atoms with Crippen LogP contribution in [-0.4, -0.2) is 14.5 Å². The van der Waals surface area contributed by atoms with Crippen LogP contribution in [0.1, 0.15) is 99.2 Å². The van der Waals surface area contributed by atoms with Crippen LogP contribution in [0.2, 0.25) is 0 Å². The van der Waals surface area contributed by atoms with Gasteiger partial charge in [-0.1, -0.05) is 100 Å². The molecule has 0 aliphatic carbocycles. The van der Waals surface area contributed by atoms with Gasteiger partial charge in [-0.25, -0.2) is 15.4 Å². The van der Waals surface area contributed by atoms with Crippen molar-refractivity contribution in [1.29, 1.82) is 10.5 Å². The monoisotopic (exact) mass is 1000 g/mol. The minimum atomic E-state index is -0.115. The third-order valence-corrected chi connectivity index (χ3v) is 10.8. The largest absolute Gasteiger partial charge is 0.342 e. The van der Waals surface area contributed by atoms with Crippen LogP contribution >= 0.6 is 0 Å². The summed E-state index contributed by atoms with van der Waals surface area (Å²) >= 11 is 0. The third kappa shape index (κ3) is 11.2. The van der Waals surface area contributed by atoms with Crippen molar-refractivity contribution in [1.82, 2.24) is 14.5 Å². The zero-order valence-electron chi connectivity index (χ0n) is 37.3. The summed E-state index contributed by atoms with van der Waals surface area (Å²) in [5.74, 6) is 0. The Kier molecular flexibility index (Phi) is 15.0. The second-order valence-corrected chi connectivity index (χ2v) is 17.6. The van der Waals surface area contributed by atoms with Gasteiger partial charge in [0.2, 0.25) is 12.0 Å². The van der Waals surface area contributed by atoms with E-state index in [1.807, 2.05) is 48.0 Å². The Morgan fingerprint density at radius 2 is 1.33 bits per heavy atom. The molecule has 7 aromatic rings. The third-order valence-electron chi connectivity index (χ3n) is 10.8. The Balaban J connectivity index is 0.000000326. The van der Waals surface area contributed by atoms with Gasteiger partial charge in [-0.15, -0.1) is 23.8 Å². The number of pyridine rings is 2. The molecule has 7 rings (SSSR count). The Morgan fingerprint density at radius 3 is 1.87 bits per heavy atom. The van der Waals surface area contributed by atoms with Crippen LogP contribution in [0, 0.1) is 74.2 Å². The molecule has 0 aliphatic rings. The number of imidazole rings is 1. The summed E-state index contributed by atoms with van der Waals surface area (Å²) in [5, 5.41) is 19.0. The van der Waals surface area contributed by atoms with Gasteiger partial charge in [0.15, 0.2) is 5.69 Å². The number of aromatic nitrogens is 4. The molecule has 317 valence electrons. The van der Waals surface area contributed by atoms with Crippen molar-refractivity contribution >= 4 is 22.4 Å². The normalized spacial score (nSPS) is 11.0. The molecule has 0 aliphatic heterocycles. The fourth-order valence-corrected chi connectivity index (χ4v) is 7.06. The standard InChI is InChI=1S/C38H34N6.C16H15N2.Ir/c1-37(2,3)27-19-30(43-35(21-27)32-16-14-29(41-7)18-26(32)24-40)11-9-10-12-31-20-28(38(4,5)6)22-36(44-31)33-15-13-25(23-39)17-34(33)42-8;1-12-9-15-16(10-13(12)2)18(11-17(15)3)14-7-5-4-6-8-14;/h13-14,17-22H,9-12H2,1-6H3;4-7,9-10H,1-3H3;/q-2;-1;. The van der Waals surface area contributed by atoms with Gasteiger partial charge in [0.25, 0.3) is 0 Å². The molecule has 3 heterocycles. The zero-order chi connectivity index (χ0) is 44.8. The summed E-state index contributed by atoms with van der Waals surface area (Å²) in [6, 6.07) is 40.9. The molecule has 0 saturated carbocycles. The van der Waals surface area contributed by atoms with E-state index in [-0.39, 0.29) is 30.9 Å². The Hall–Kier alpha value is -6.74. The molecule has 0 spiro atoms. The van der Waals surface area contributed by atoms with Crippen LogP contribution in [-0.2, 0) is 50.8 Å². The quantitative estimate of drug-likeness (QED) is 0.0861. The summed E-state index contributed by atoms with van der Waals surface area (Å²) in [6.45, 7) is 32.1. The second-order valence-electron chi connectivity index (χ2n) is 17.6. The van der Waals surface area contributed by atoms with E-state index >= 15 is 0 Å². The number of para-hydroxylation sites is 1. The van der Waals surface area contributed by atoms with E-state index in [0.29, 0.717) is 45.0 Å². The Morgan fingerprint density at radius 1 is 0.730 bits per heavy atom. The molecule has 0 fully saturated rings. The predicted octanol–water partition coefficient (Wildman–Crippen LogP) is 12.1. The molecule has 0 atom stereocenters. The molecule has 0 N–H and O–H groups in total. The first-order valence-electron chi connectivity index (χ1n) is 20.6. The molecule has 0 unspecified atom stereocenters. The number of aryl methyl sites for hydroxylation is 5. The van der Waals surface area contributed by atoms with E-state index in [0.717, 1.165) is 53.9 Å². The molecular weight excluding hydrogens is 953 g/mol. The number of hydrogen-bond donors (Lipinski definition) is 0. The SMILES string of the molecule is Cc1cc2c(cc1C)[n+](C)[c-]n2-c1[c-]cccc1.[C-]#[N+]c1c[c-]c(-c2cc(C(C)(C)C)cc(CCCCc3cc(C(C)(C)C)cc(-c4[c-]cc(C#N)cc4[N+]#[C-])n3)n2)c(C#N)c1.[Ir]. The molecule has 3 aromatic heterocycles. The molecule has 9 heteroatoms. The maximum Gasteiger partial charge on any atom is 0.242 e. The first-order valence-corrected chi connectivity index (χ1v) is 20.6. The molecule has 0 amide bonds. The van der Waals surface area contributed by atoms with Crippen molar-refractivity contribution in [2.75, 3.05) is 0 Å². The average molecular weight is 1000 g/mol. The summed E-state index contributed by atoms with van der Waals surface area (Å²) in [6.07, 6.45) is 6.62. The van der Waals surface area contributed by atoms with Crippen molar-refractivity contribution in [2.45, 2.75) is 91.9 Å². The van der Waals surface area contributed by atoms with Gasteiger partial charge in [0.05, 0.1) is 24.7 Å². The molecule has 63 heavy (non-hydrogen) atoms. The summed E-state index contributed by atoms with van der Waals surface area (Å²) < 4.78 is 4.09. The van der Waals surface area contributed by atoms with E-state index < -0.39 is 0 Å². The van der Waals surface area contributed by atoms with Gasteiger partial charge in [0.1, 0.15) is 6.57 Å². The predicted molar refractivity (Wildman–Crippen MR) is 245 cm³/mol. The molecular formula is C54H49IrN8-3. The maximum absolute atomic E-state index is 9.76. The van der Waals surface area contributed by atoms with Crippen molar-refractivity contribution in [3.63, 3.8) is 0 Å². The number of nitriles is 2. The summed E-state index contributed by atoms with van der Waals surface area (Å²) in [4.78, 5) is 16.9. The fourth-order valence-electron chi connectivity index (χ4n) is 7.06. The second kappa shape index (κ2) is 20.0. The minimum Gasteiger partial charge on any atom is -0.342 e. The van der Waals surface area contributed by atoms with Gasteiger partial charge in [0, 0.05) is 43.6 Å². The molecule has 1 radical (unpaired) electrons. The summed E-state index contributed by atoms with van der Waals surface area (Å²) in [7, 11) is 2.02. The number of nitrogens with zero attached hydrogens (tertiary/aromatic N) is 8. The Labute approximate surface area is 386 Å². The number of hydrogen-bond acceptors (Lipinski definition) is 4. The fraction of sp³-hybridized carbons (Fsp3) is 0.278. The smallest absolute Gasteiger partial charge is 0.242 e. The molecule has 4 aromatic carbocycles. The number of fused-ring (bicyclic) bond motifs is 1. The van der Waals surface area contributed by atoms with Crippen LogP contribution in [0.25, 0.3) is 48.9 Å². The molecule has 8 nitrogen and oxygen atoms in total. The van der Waals surface area contributed by atoms with Crippen molar-refractivity contribution < 1.29 is 24.7 Å². The van der Waals surface area contributed by atoms with Crippen LogP contribution in [0.3, 0.4) is 0 Å². The van der Waals surface area contributed by atoms with Crippen LogP contribution < -0.4 is 4.57 Å². The zero-order valence-corrected chi connectivity index (χ0v) is 39.7. The van der Waals surface area contributed by atoms with E-state index in [9.17, 15) is 10.5 Å². The minimum absolute atomic E-state index is 0. The van der Waals surface area contributed by atoms with E-state index in [2.05, 4.69) is 131 Å². The van der Waals surface area contributed by atoms with Gasteiger partial charge >= 0.3 is 0 Å². The first kappa shape index (κ1) is 47.3. The van der Waals surface area contributed by atoms with Gasteiger partial charge in [-0.05, 0) is 102 Å². The average Bonchev–Trinajstić information content (AvgIpc) is 3.58. The van der Waals surface area contributed by atoms with Crippen molar-refractivity contribution in [3.8, 4) is 40.3 Å². The van der Waals surface area contributed by atoms with Gasteiger partial charge in [-0.2, -0.15) is 35.2 Å². The van der Waals surface area contributed by atoms with Gasteiger partial charge in [-0.3, -0.25) is 0 Å². The van der Waals surface area contributed by atoms with Crippen LogP contribution in [0.5, 0.6) is 0 Å². The molecule has 0 bridgehead atoms. The Bertz CT molecular complexity index is 2820. The maximum atomic E-state index is 9.76. The van der Waals surface area contributed by atoms with E-state index in [1.54, 1.807) is 24.3 Å². The topological polar surface area (TPSA) is 90.9 Å². The first-order chi connectivity index (χ1) is 29.5. The summed E-state index contributed by atoms with van der Waals surface area (Å²) in [5.41, 5.74) is 14.1. The van der Waals surface area contributed by atoms with Crippen LogP contribution in [0.15, 0.2) is 84.9 Å². The van der Waals surface area contributed by atoms with E-state index in [4.69, 9.17) is 23.1 Å². The van der Waals surface area contributed by atoms with E-state index in [1.165, 1.54) is 22.2 Å². The van der Waals surface area contributed by atoms with Crippen LogP contribution in [0.4, 0.5) is 11.4 Å². The van der Waals surface area contributed by atoms with Gasteiger partial charge < -0.3 is 19.1 Å². The van der Waals surface area contributed by atoms with Crippen molar-refractivity contribution in [3.05, 3.63) is 177 Å². The molecule has 0 saturated heterocycles.